The Morgan fingerprint density at radius 1 is 1.18 bits per heavy atom. The van der Waals surface area contributed by atoms with Crippen molar-refractivity contribution < 1.29 is 13.2 Å². The Labute approximate surface area is 132 Å². The molecule has 1 saturated carbocycles. The number of carbonyl (C=O) groups is 1. The molecule has 0 atom stereocenters. The summed E-state index contributed by atoms with van der Waals surface area (Å²) >= 11 is 0. The van der Waals surface area contributed by atoms with Gasteiger partial charge in [-0.3, -0.25) is 4.79 Å². The van der Waals surface area contributed by atoms with Crippen molar-refractivity contribution in [1.82, 2.24) is 9.62 Å². The van der Waals surface area contributed by atoms with Gasteiger partial charge in [0.1, 0.15) is 0 Å². The summed E-state index contributed by atoms with van der Waals surface area (Å²) in [5, 5.41) is 0. The molecule has 1 aromatic rings. The van der Waals surface area contributed by atoms with Crippen LogP contribution < -0.4 is 4.72 Å². The van der Waals surface area contributed by atoms with Crippen molar-refractivity contribution in [1.29, 1.82) is 0 Å². The average molecular weight is 324 g/mol. The predicted molar refractivity (Wildman–Crippen MR) is 85.9 cm³/mol. The average Bonchev–Trinajstić information content (AvgIpc) is 2.53. The van der Waals surface area contributed by atoms with E-state index in [4.69, 9.17) is 0 Å². The van der Waals surface area contributed by atoms with Crippen LogP contribution in [0.2, 0.25) is 0 Å². The van der Waals surface area contributed by atoms with Crippen LogP contribution in [0.15, 0.2) is 35.2 Å². The first-order valence-electron chi connectivity index (χ1n) is 7.82. The van der Waals surface area contributed by atoms with Crippen molar-refractivity contribution in [3.05, 3.63) is 30.3 Å². The number of hydrogen-bond donors (Lipinski definition) is 1. The first-order valence-corrected chi connectivity index (χ1v) is 9.31. The summed E-state index contributed by atoms with van der Waals surface area (Å²) in [7, 11) is -3.50. The summed E-state index contributed by atoms with van der Waals surface area (Å²) in [6.07, 6.45) is 5.55. The van der Waals surface area contributed by atoms with Crippen molar-refractivity contribution >= 4 is 15.9 Å². The number of sulfonamides is 1. The molecule has 1 N–H and O–H groups in total. The van der Waals surface area contributed by atoms with E-state index in [0.717, 1.165) is 25.7 Å². The van der Waals surface area contributed by atoms with E-state index < -0.39 is 10.0 Å². The quantitative estimate of drug-likeness (QED) is 0.872. The number of nitrogens with zero attached hydrogens (tertiary/aromatic N) is 1. The smallest absolute Gasteiger partial charge is 0.240 e. The molecule has 0 heterocycles. The maximum Gasteiger partial charge on any atom is 0.240 e. The molecule has 1 fully saturated rings. The molecule has 6 heteroatoms. The van der Waals surface area contributed by atoms with Crippen LogP contribution in [-0.2, 0) is 14.8 Å². The highest BCUT2D eigenvalue weighted by Gasteiger charge is 2.23. The van der Waals surface area contributed by atoms with Crippen LogP contribution in [0.1, 0.15) is 39.0 Å². The molecule has 1 amide bonds. The Bertz CT molecular complexity index is 581. The minimum Gasteiger partial charge on any atom is -0.339 e. The van der Waals surface area contributed by atoms with Crippen LogP contribution in [0.25, 0.3) is 0 Å². The molecule has 1 aliphatic rings. The molecule has 1 aliphatic carbocycles. The van der Waals surface area contributed by atoms with Crippen molar-refractivity contribution in [2.75, 3.05) is 13.1 Å². The SMILES string of the molecule is CC(=O)N(CCNS(=O)(=O)c1ccccc1)C1CCCCC1. The topological polar surface area (TPSA) is 66.5 Å². The summed E-state index contributed by atoms with van der Waals surface area (Å²) in [5.74, 6) is 0.0193. The van der Waals surface area contributed by atoms with Crippen LogP contribution in [-0.4, -0.2) is 38.4 Å². The van der Waals surface area contributed by atoms with Crippen molar-refractivity contribution in [3.8, 4) is 0 Å². The molecule has 122 valence electrons. The Morgan fingerprint density at radius 2 is 1.82 bits per heavy atom. The summed E-state index contributed by atoms with van der Waals surface area (Å²) in [6, 6.07) is 8.54. The molecule has 0 aromatic heterocycles. The number of carbonyl (C=O) groups excluding carboxylic acids is 1. The highest BCUT2D eigenvalue weighted by molar-refractivity contribution is 7.89. The van der Waals surface area contributed by atoms with Crippen LogP contribution in [0.3, 0.4) is 0 Å². The second kappa shape index (κ2) is 7.74. The van der Waals surface area contributed by atoms with E-state index in [9.17, 15) is 13.2 Å². The lowest BCUT2D eigenvalue weighted by Gasteiger charge is -2.33. The van der Waals surface area contributed by atoms with Gasteiger partial charge in [-0.25, -0.2) is 13.1 Å². The lowest BCUT2D eigenvalue weighted by atomic mass is 9.94. The molecule has 0 saturated heterocycles. The molecule has 0 spiro atoms. The van der Waals surface area contributed by atoms with Gasteiger partial charge in [-0.1, -0.05) is 37.5 Å². The zero-order chi connectivity index (χ0) is 16.0. The van der Waals surface area contributed by atoms with Crippen LogP contribution in [0, 0.1) is 0 Å². The molecule has 0 unspecified atom stereocenters. The normalized spacial score (nSPS) is 16.4. The van der Waals surface area contributed by atoms with Gasteiger partial charge in [0.2, 0.25) is 15.9 Å². The van der Waals surface area contributed by atoms with Gasteiger partial charge in [0.05, 0.1) is 4.90 Å². The molecule has 2 rings (SSSR count). The fourth-order valence-corrected chi connectivity index (χ4v) is 4.02. The minimum atomic E-state index is -3.50. The van der Waals surface area contributed by atoms with E-state index in [0.29, 0.717) is 6.54 Å². The number of amides is 1. The first kappa shape index (κ1) is 17.0. The van der Waals surface area contributed by atoms with E-state index in [-0.39, 0.29) is 23.4 Å². The minimum absolute atomic E-state index is 0.0193. The van der Waals surface area contributed by atoms with Crippen LogP contribution in [0.5, 0.6) is 0 Å². The zero-order valence-corrected chi connectivity index (χ0v) is 13.8. The second-order valence-electron chi connectivity index (χ2n) is 5.72. The van der Waals surface area contributed by atoms with E-state index in [1.54, 1.807) is 37.3 Å². The highest BCUT2D eigenvalue weighted by Crippen LogP contribution is 2.22. The monoisotopic (exact) mass is 324 g/mol. The Balaban J connectivity index is 1.91. The van der Waals surface area contributed by atoms with Crippen LogP contribution >= 0.6 is 0 Å². The number of hydrogen-bond acceptors (Lipinski definition) is 3. The van der Waals surface area contributed by atoms with E-state index in [2.05, 4.69) is 4.72 Å². The van der Waals surface area contributed by atoms with E-state index >= 15 is 0 Å². The van der Waals surface area contributed by atoms with Gasteiger partial charge in [-0.2, -0.15) is 0 Å². The van der Waals surface area contributed by atoms with Gasteiger partial charge in [0.15, 0.2) is 0 Å². The molecular weight excluding hydrogens is 300 g/mol. The highest BCUT2D eigenvalue weighted by atomic mass is 32.2. The molecule has 0 radical (unpaired) electrons. The summed E-state index contributed by atoms with van der Waals surface area (Å²) in [5.41, 5.74) is 0. The maximum absolute atomic E-state index is 12.1. The lowest BCUT2D eigenvalue weighted by molar-refractivity contribution is -0.131. The number of rotatable bonds is 6. The van der Waals surface area contributed by atoms with Gasteiger partial charge in [0.25, 0.3) is 0 Å². The molecule has 0 bridgehead atoms. The Morgan fingerprint density at radius 3 is 2.41 bits per heavy atom. The Hall–Kier alpha value is -1.40. The third-order valence-corrected chi connectivity index (χ3v) is 5.60. The first-order chi connectivity index (χ1) is 10.5. The fourth-order valence-electron chi connectivity index (χ4n) is 2.97. The molecule has 5 nitrogen and oxygen atoms in total. The van der Waals surface area contributed by atoms with E-state index in [1.807, 2.05) is 4.90 Å². The number of benzene rings is 1. The summed E-state index contributed by atoms with van der Waals surface area (Å²) in [4.78, 5) is 13.9. The lowest BCUT2D eigenvalue weighted by Crippen LogP contribution is -2.44. The maximum atomic E-state index is 12.1. The standard InChI is InChI=1S/C16H24N2O3S/c1-14(19)18(15-8-4-2-5-9-15)13-12-17-22(20,21)16-10-6-3-7-11-16/h3,6-7,10-11,15,17H,2,4-5,8-9,12-13H2,1H3. The molecule has 0 aliphatic heterocycles. The van der Waals surface area contributed by atoms with Crippen molar-refractivity contribution in [2.45, 2.75) is 50.0 Å². The zero-order valence-electron chi connectivity index (χ0n) is 13.0. The molecule has 22 heavy (non-hydrogen) atoms. The van der Waals surface area contributed by atoms with Crippen LogP contribution in [0.4, 0.5) is 0 Å². The van der Waals surface area contributed by atoms with Gasteiger partial charge < -0.3 is 4.90 Å². The largest absolute Gasteiger partial charge is 0.339 e. The number of nitrogens with one attached hydrogen (secondary N) is 1. The van der Waals surface area contributed by atoms with E-state index in [1.165, 1.54) is 6.42 Å². The molecular formula is C16H24N2O3S. The van der Waals surface area contributed by atoms with Gasteiger partial charge in [-0.05, 0) is 25.0 Å². The Kier molecular flexibility index (Phi) is 5.97. The predicted octanol–water partition coefficient (Wildman–Crippen LogP) is 2.15. The third kappa shape index (κ3) is 4.55. The summed E-state index contributed by atoms with van der Waals surface area (Å²) < 4.78 is 26.9. The van der Waals surface area contributed by atoms with Gasteiger partial charge in [0, 0.05) is 26.1 Å². The second-order valence-corrected chi connectivity index (χ2v) is 7.48. The van der Waals surface area contributed by atoms with Crippen molar-refractivity contribution in [3.63, 3.8) is 0 Å². The van der Waals surface area contributed by atoms with Gasteiger partial charge in [-0.15, -0.1) is 0 Å². The molecule has 1 aromatic carbocycles. The van der Waals surface area contributed by atoms with Crippen molar-refractivity contribution in [2.24, 2.45) is 0 Å². The fraction of sp³-hybridized carbons (Fsp3) is 0.562. The summed E-state index contributed by atoms with van der Waals surface area (Å²) in [6.45, 7) is 2.22. The van der Waals surface area contributed by atoms with Gasteiger partial charge >= 0.3 is 0 Å². The third-order valence-electron chi connectivity index (χ3n) is 4.12.